The molecule has 0 spiro atoms. The fourth-order valence-electron chi connectivity index (χ4n) is 3.05. The van der Waals surface area contributed by atoms with Crippen LogP contribution in [0.4, 0.5) is 11.4 Å². The van der Waals surface area contributed by atoms with E-state index in [2.05, 4.69) is 42.3 Å². The summed E-state index contributed by atoms with van der Waals surface area (Å²) >= 11 is 0. The summed E-state index contributed by atoms with van der Waals surface area (Å²) in [5.41, 5.74) is 5.03. The van der Waals surface area contributed by atoms with E-state index in [-0.39, 0.29) is 5.91 Å². The first-order valence-electron chi connectivity index (χ1n) is 8.30. The summed E-state index contributed by atoms with van der Waals surface area (Å²) in [6.45, 7) is 5.93. The number of carbonyl (C=O) groups excluding carboxylic acids is 1. The Labute approximate surface area is 137 Å². The van der Waals surface area contributed by atoms with Crippen LogP contribution in [-0.4, -0.2) is 28.9 Å². The van der Waals surface area contributed by atoms with Gasteiger partial charge in [-0.25, -0.2) is 0 Å². The van der Waals surface area contributed by atoms with Crippen molar-refractivity contribution in [2.24, 2.45) is 0 Å². The Morgan fingerprint density at radius 3 is 2.78 bits per heavy atom. The molecule has 1 fully saturated rings. The monoisotopic (exact) mass is 309 g/mol. The van der Waals surface area contributed by atoms with Crippen LogP contribution in [0.1, 0.15) is 41.4 Å². The predicted molar refractivity (Wildman–Crippen MR) is 93.2 cm³/mol. The summed E-state index contributed by atoms with van der Waals surface area (Å²) < 4.78 is 0. The average molecular weight is 309 g/mol. The third-order valence-electron chi connectivity index (χ3n) is 4.38. The maximum atomic E-state index is 12.5. The van der Waals surface area contributed by atoms with Crippen LogP contribution >= 0.6 is 0 Å². The number of hydrogen-bond donors (Lipinski definition) is 1. The van der Waals surface area contributed by atoms with Crippen LogP contribution in [0, 0.1) is 6.92 Å². The number of anilines is 2. The van der Waals surface area contributed by atoms with Gasteiger partial charge in [-0.3, -0.25) is 9.78 Å². The zero-order chi connectivity index (χ0) is 16.2. The third-order valence-corrected chi connectivity index (χ3v) is 4.38. The lowest BCUT2D eigenvalue weighted by Gasteiger charge is -2.17. The summed E-state index contributed by atoms with van der Waals surface area (Å²) in [4.78, 5) is 18.6. The van der Waals surface area contributed by atoms with E-state index >= 15 is 0 Å². The van der Waals surface area contributed by atoms with Crippen LogP contribution in [0.25, 0.3) is 0 Å². The SMILES string of the molecule is CCc1cccc(C)c1Nc1ccnc(C(=O)N2CCCC2)c1. The summed E-state index contributed by atoms with van der Waals surface area (Å²) in [5, 5.41) is 3.47. The number of aryl methyl sites for hydroxylation is 2. The minimum absolute atomic E-state index is 0.0339. The Hall–Kier alpha value is -2.36. The van der Waals surface area contributed by atoms with Gasteiger partial charge in [-0.1, -0.05) is 25.1 Å². The van der Waals surface area contributed by atoms with Crippen molar-refractivity contribution < 1.29 is 4.79 Å². The van der Waals surface area contributed by atoms with E-state index in [1.807, 2.05) is 17.0 Å². The molecule has 2 heterocycles. The Balaban J connectivity index is 1.84. The van der Waals surface area contributed by atoms with Gasteiger partial charge >= 0.3 is 0 Å². The van der Waals surface area contributed by atoms with Crippen molar-refractivity contribution in [3.8, 4) is 0 Å². The topological polar surface area (TPSA) is 45.2 Å². The van der Waals surface area contributed by atoms with E-state index in [1.54, 1.807) is 6.20 Å². The predicted octanol–water partition coefficient (Wildman–Crippen LogP) is 3.93. The van der Waals surface area contributed by atoms with Crippen molar-refractivity contribution in [2.75, 3.05) is 18.4 Å². The molecule has 23 heavy (non-hydrogen) atoms. The first-order valence-corrected chi connectivity index (χ1v) is 8.30. The van der Waals surface area contributed by atoms with Gasteiger partial charge < -0.3 is 10.2 Å². The van der Waals surface area contributed by atoms with Crippen molar-refractivity contribution in [1.82, 2.24) is 9.88 Å². The lowest BCUT2D eigenvalue weighted by molar-refractivity contribution is 0.0787. The summed E-state index contributed by atoms with van der Waals surface area (Å²) in [7, 11) is 0. The van der Waals surface area contributed by atoms with Gasteiger partial charge in [0.05, 0.1) is 0 Å². The molecule has 1 aliphatic heterocycles. The van der Waals surface area contributed by atoms with Crippen molar-refractivity contribution in [3.63, 3.8) is 0 Å². The molecule has 1 aromatic carbocycles. The molecule has 1 saturated heterocycles. The Bertz CT molecular complexity index is 706. The summed E-state index contributed by atoms with van der Waals surface area (Å²) in [5.74, 6) is 0.0339. The molecule has 4 nitrogen and oxygen atoms in total. The lowest BCUT2D eigenvalue weighted by Crippen LogP contribution is -2.28. The number of nitrogens with zero attached hydrogens (tertiary/aromatic N) is 2. The number of nitrogens with one attached hydrogen (secondary N) is 1. The minimum Gasteiger partial charge on any atom is -0.355 e. The second-order valence-electron chi connectivity index (χ2n) is 6.02. The van der Waals surface area contributed by atoms with Gasteiger partial charge in [0.2, 0.25) is 0 Å². The Morgan fingerprint density at radius 2 is 2.04 bits per heavy atom. The van der Waals surface area contributed by atoms with Crippen LogP contribution in [0.3, 0.4) is 0 Å². The Kier molecular flexibility index (Phi) is 4.60. The number of hydrogen-bond acceptors (Lipinski definition) is 3. The summed E-state index contributed by atoms with van der Waals surface area (Å²) in [6.07, 6.45) is 4.85. The molecule has 0 atom stereocenters. The van der Waals surface area contributed by atoms with Gasteiger partial charge in [0, 0.05) is 30.7 Å². The Morgan fingerprint density at radius 1 is 1.26 bits per heavy atom. The van der Waals surface area contributed by atoms with Gasteiger partial charge in [0.1, 0.15) is 5.69 Å². The number of para-hydroxylation sites is 1. The molecule has 120 valence electrons. The highest BCUT2D eigenvalue weighted by Crippen LogP contribution is 2.25. The highest BCUT2D eigenvalue weighted by atomic mass is 16.2. The van der Waals surface area contributed by atoms with Crippen molar-refractivity contribution >= 4 is 17.3 Å². The van der Waals surface area contributed by atoms with E-state index in [4.69, 9.17) is 0 Å². The molecule has 0 aliphatic carbocycles. The van der Waals surface area contributed by atoms with Crippen LogP contribution < -0.4 is 5.32 Å². The normalized spacial score (nSPS) is 14.1. The fourth-order valence-corrected chi connectivity index (χ4v) is 3.05. The molecule has 1 aliphatic rings. The number of rotatable bonds is 4. The van der Waals surface area contributed by atoms with Crippen molar-refractivity contribution in [2.45, 2.75) is 33.1 Å². The van der Waals surface area contributed by atoms with E-state index in [0.29, 0.717) is 5.69 Å². The molecular weight excluding hydrogens is 286 g/mol. The number of aromatic nitrogens is 1. The molecular formula is C19H23N3O. The maximum absolute atomic E-state index is 12.5. The number of amides is 1. The standard InChI is InChI=1S/C19H23N3O/c1-3-15-8-6-7-14(2)18(15)21-16-9-10-20-17(13-16)19(23)22-11-4-5-12-22/h6-10,13H,3-5,11-12H2,1-2H3,(H,20,21). The molecule has 1 N–H and O–H groups in total. The zero-order valence-corrected chi connectivity index (χ0v) is 13.8. The van der Waals surface area contributed by atoms with Gasteiger partial charge in [-0.05, 0) is 49.4 Å². The minimum atomic E-state index is 0.0339. The number of carbonyl (C=O) groups is 1. The van der Waals surface area contributed by atoms with Crippen LogP contribution in [-0.2, 0) is 6.42 Å². The number of pyridine rings is 1. The molecule has 4 heteroatoms. The number of benzene rings is 1. The van der Waals surface area contributed by atoms with E-state index in [0.717, 1.165) is 43.7 Å². The average Bonchev–Trinajstić information content (AvgIpc) is 3.11. The first-order chi connectivity index (χ1) is 11.2. The van der Waals surface area contributed by atoms with Crippen molar-refractivity contribution in [3.05, 3.63) is 53.3 Å². The van der Waals surface area contributed by atoms with E-state index < -0.39 is 0 Å². The maximum Gasteiger partial charge on any atom is 0.272 e. The largest absolute Gasteiger partial charge is 0.355 e. The quantitative estimate of drug-likeness (QED) is 0.930. The van der Waals surface area contributed by atoms with Gasteiger partial charge in [-0.2, -0.15) is 0 Å². The summed E-state index contributed by atoms with van der Waals surface area (Å²) in [6, 6.07) is 10.1. The van der Waals surface area contributed by atoms with Gasteiger partial charge in [-0.15, -0.1) is 0 Å². The van der Waals surface area contributed by atoms with Gasteiger partial charge in [0.25, 0.3) is 5.91 Å². The van der Waals surface area contributed by atoms with Crippen molar-refractivity contribution in [1.29, 1.82) is 0 Å². The van der Waals surface area contributed by atoms with Crippen LogP contribution in [0.15, 0.2) is 36.5 Å². The first kappa shape index (κ1) is 15.5. The number of likely N-dealkylation sites (tertiary alicyclic amines) is 1. The second-order valence-corrected chi connectivity index (χ2v) is 6.02. The van der Waals surface area contributed by atoms with Crippen LogP contribution in [0.2, 0.25) is 0 Å². The molecule has 1 amide bonds. The molecule has 0 bridgehead atoms. The van der Waals surface area contributed by atoms with Crippen LogP contribution in [0.5, 0.6) is 0 Å². The highest BCUT2D eigenvalue weighted by Gasteiger charge is 2.20. The smallest absolute Gasteiger partial charge is 0.272 e. The molecule has 3 rings (SSSR count). The zero-order valence-electron chi connectivity index (χ0n) is 13.8. The lowest BCUT2D eigenvalue weighted by atomic mass is 10.1. The molecule has 0 saturated carbocycles. The molecule has 2 aromatic rings. The van der Waals surface area contributed by atoms with Gasteiger partial charge in [0.15, 0.2) is 0 Å². The molecule has 0 unspecified atom stereocenters. The third kappa shape index (κ3) is 3.36. The fraction of sp³-hybridized carbons (Fsp3) is 0.368. The molecule has 1 aromatic heterocycles. The van der Waals surface area contributed by atoms with E-state index in [1.165, 1.54) is 11.1 Å². The van der Waals surface area contributed by atoms with E-state index in [9.17, 15) is 4.79 Å². The molecule has 0 radical (unpaired) electrons. The highest BCUT2D eigenvalue weighted by molar-refractivity contribution is 5.93. The second kappa shape index (κ2) is 6.82.